The molecule has 0 bridgehead atoms. The van der Waals surface area contributed by atoms with Gasteiger partial charge in [-0.15, -0.1) is 0 Å². The number of hydrogen-bond donors (Lipinski definition) is 1. The van der Waals surface area contributed by atoms with E-state index in [0.717, 1.165) is 5.56 Å². The summed E-state index contributed by atoms with van der Waals surface area (Å²) < 4.78 is 0. The molecule has 0 saturated carbocycles. The van der Waals surface area contributed by atoms with E-state index in [1.165, 1.54) is 22.3 Å². The van der Waals surface area contributed by atoms with Crippen LogP contribution < -0.4 is 0 Å². The predicted molar refractivity (Wildman–Crippen MR) is 85.1 cm³/mol. The minimum absolute atomic E-state index is 0.432. The highest BCUT2D eigenvalue weighted by atomic mass is 16.3. The molecule has 0 heterocycles. The zero-order valence-electron chi connectivity index (χ0n) is 12.9. The van der Waals surface area contributed by atoms with Gasteiger partial charge in [-0.05, 0) is 36.5 Å². The molecule has 1 atom stereocenters. The maximum atomic E-state index is 10.4. The molecular formula is C19H24O. The zero-order valence-corrected chi connectivity index (χ0v) is 12.9. The molecule has 0 amide bonds. The fourth-order valence-corrected chi connectivity index (χ4v) is 2.58. The molecule has 0 aliphatic rings. The lowest BCUT2D eigenvalue weighted by Crippen LogP contribution is -2.03. The molecule has 1 unspecified atom stereocenters. The van der Waals surface area contributed by atoms with Crippen molar-refractivity contribution in [2.45, 2.75) is 46.1 Å². The maximum absolute atomic E-state index is 10.4. The molecule has 0 aliphatic heterocycles. The average molecular weight is 268 g/mol. The molecular weight excluding hydrogens is 244 g/mol. The molecule has 0 radical (unpaired) electrons. The Labute approximate surface area is 122 Å². The first-order valence-corrected chi connectivity index (χ1v) is 7.31. The van der Waals surface area contributed by atoms with Crippen LogP contribution >= 0.6 is 0 Å². The van der Waals surface area contributed by atoms with Gasteiger partial charge >= 0.3 is 0 Å². The zero-order chi connectivity index (χ0) is 14.7. The third-order valence-electron chi connectivity index (χ3n) is 3.70. The first-order valence-electron chi connectivity index (χ1n) is 7.31. The second-order valence-electron chi connectivity index (χ2n) is 6.04. The Balaban J connectivity index is 2.12. The number of aliphatic hydroxyl groups is 1. The monoisotopic (exact) mass is 268 g/mol. The molecule has 0 fully saturated rings. The van der Waals surface area contributed by atoms with Crippen molar-refractivity contribution in [1.82, 2.24) is 0 Å². The van der Waals surface area contributed by atoms with E-state index in [9.17, 15) is 5.11 Å². The summed E-state index contributed by atoms with van der Waals surface area (Å²) in [5, 5.41) is 10.4. The summed E-state index contributed by atoms with van der Waals surface area (Å²) in [4.78, 5) is 0. The lowest BCUT2D eigenvalue weighted by atomic mass is 9.96. The predicted octanol–water partition coefficient (Wildman–Crippen LogP) is 4.70. The molecule has 0 aromatic heterocycles. The molecule has 1 N–H and O–H groups in total. The Kier molecular flexibility index (Phi) is 4.61. The van der Waals surface area contributed by atoms with Crippen LogP contribution in [0.2, 0.25) is 0 Å². The molecule has 0 aliphatic carbocycles. The van der Waals surface area contributed by atoms with E-state index in [1.807, 2.05) is 0 Å². The van der Waals surface area contributed by atoms with Crippen LogP contribution in [0.25, 0.3) is 0 Å². The summed E-state index contributed by atoms with van der Waals surface area (Å²) in [6.45, 7) is 8.53. The van der Waals surface area contributed by atoms with Crippen LogP contribution in [0.15, 0.2) is 42.5 Å². The molecule has 2 rings (SSSR count). The van der Waals surface area contributed by atoms with Crippen LogP contribution in [0.4, 0.5) is 0 Å². The Morgan fingerprint density at radius 2 is 1.40 bits per heavy atom. The van der Waals surface area contributed by atoms with Gasteiger partial charge in [-0.2, -0.15) is 0 Å². The Hall–Kier alpha value is -1.60. The van der Waals surface area contributed by atoms with Crippen molar-refractivity contribution in [1.29, 1.82) is 0 Å². The van der Waals surface area contributed by atoms with Crippen molar-refractivity contribution in [2.24, 2.45) is 0 Å². The van der Waals surface area contributed by atoms with Crippen LogP contribution in [-0.2, 0) is 6.42 Å². The topological polar surface area (TPSA) is 20.2 Å². The van der Waals surface area contributed by atoms with Gasteiger partial charge in [0.05, 0.1) is 6.10 Å². The van der Waals surface area contributed by atoms with Gasteiger partial charge in [0.1, 0.15) is 0 Å². The van der Waals surface area contributed by atoms with E-state index in [2.05, 4.69) is 70.2 Å². The van der Waals surface area contributed by atoms with Crippen LogP contribution in [0, 0.1) is 13.8 Å². The summed E-state index contributed by atoms with van der Waals surface area (Å²) in [5.41, 5.74) is 5.94. The highest BCUT2D eigenvalue weighted by Gasteiger charge is 2.10. The van der Waals surface area contributed by atoms with Crippen molar-refractivity contribution >= 4 is 0 Å². The lowest BCUT2D eigenvalue weighted by Gasteiger charge is -2.14. The smallest absolute Gasteiger partial charge is 0.0830 e. The summed E-state index contributed by atoms with van der Waals surface area (Å²) >= 11 is 0. The van der Waals surface area contributed by atoms with Crippen molar-refractivity contribution < 1.29 is 5.11 Å². The quantitative estimate of drug-likeness (QED) is 0.852. The first kappa shape index (κ1) is 14.8. The highest BCUT2D eigenvalue weighted by molar-refractivity contribution is 5.32. The van der Waals surface area contributed by atoms with Crippen molar-refractivity contribution in [3.63, 3.8) is 0 Å². The van der Waals surface area contributed by atoms with E-state index in [1.54, 1.807) is 0 Å². The average Bonchev–Trinajstić information content (AvgIpc) is 2.38. The molecule has 2 aromatic rings. The van der Waals surface area contributed by atoms with Gasteiger partial charge in [-0.3, -0.25) is 0 Å². The fourth-order valence-electron chi connectivity index (χ4n) is 2.58. The molecule has 2 aromatic carbocycles. The number of hydrogen-bond acceptors (Lipinski definition) is 1. The van der Waals surface area contributed by atoms with Gasteiger partial charge in [-0.1, -0.05) is 67.4 Å². The van der Waals surface area contributed by atoms with Crippen molar-refractivity contribution in [3.8, 4) is 0 Å². The van der Waals surface area contributed by atoms with Crippen LogP contribution in [0.5, 0.6) is 0 Å². The standard InChI is InChI=1S/C19H24O/c1-13(2)17-7-5-16(6-8-17)12-19(20)18-10-14(3)9-15(4)11-18/h5-11,13,19-20H,12H2,1-4H3. The molecule has 106 valence electrons. The Bertz CT molecular complexity index is 547. The van der Waals surface area contributed by atoms with E-state index in [0.29, 0.717) is 12.3 Å². The molecule has 0 spiro atoms. The van der Waals surface area contributed by atoms with Crippen LogP contribution in [0.3, 0.4) is 0 Å². The fraction of sp³-hybridized carbons (Fsp3) is 0.368. The summed E-state index contributed by atoms with van der Waals surface area (Å²) in [6.07, 6.45) is 0.236. The molecule has 20 heavy (non-hydrogen) atoms. The molecule has 1 nitrogen and oxygen atoms in total. The summed E-state index contributed by atoms with van der Waals surface area (Å²) in [7, 11) is 0. The normalized spacial score (nSPS) is 12.7. The Morgan fingerprint density at radius 1 is 0.850 bits per heavy atom. The summed E-state index contributed by atoms with van der Waals surface area (Å²) in [5.74, 6) is 0.549. The lowest BCUT2D eigenvalue weighted by molar-refractivity contribution is 0.178. The van der Waals surface area contributed by atoms with Gasteiger partial charge in [0, 0.05) is 6.42 Å². The largest absolute Gasteiger partial charge is 0.388 e. The van der Waals surface area contributed by atoms with Crippen LogP contribution in [0.1, 0.15) is 53.7 Å². The maximum Gasteiger partial charge on any atom is 0.0830 e. The SMILES string of the molecule is Cc1cc(C)cc(C(O)Cc2ccc(C(C)C)cc2)c1. The van der Waals surface area contributed by atoms with Gasteiger partial charge in [0.15, 0.2) is 0 Å². The molecule has 0 saturated heterocycles. The van der Waals surface area contributed by atoms with Crippen molar-refractivity contribution in [2.75, 3.05) is 0 Å². The van der Waals surface area contributed by atoms with E-state index < -0.39 is 6.10 Å². The van der Waals surface area contributed by atoms with Gasteiger partial charge in [0.25, 0.3) is 0 Å². The van der Waals surface area contributed by atoms with E-state index >= 15 is 0 Å². The number of benzene rings is 2. The second-order valence-corrected chi connectivity index (χ2v) is 6.04. The highest BCUT2D eigenvalue weighted by Crippen LogP contribution is 2.22. The number of aliphatic hydroxyl groups excluding tert-OH is 1. The minimum Gasteiger partial charge on any atom is -0.388 e. The number of rotatable bonds is 4. The second kappa shape index (κ2) is 6.23. The Morgan fingerprint density at radius 3 is 1.90 bits per heavy atom. The third kappa shape index (κ3) is 3.71. The summed E-state index contributed by atoms with van der Waals surface area (Å²) in [6, 6.07) is 14.8. The first-order chi connectivity index (χ1) is 9.45. The van der Waals surface area contributed by atoms with E-state index in [4.69, 9.17) is 0 Å². The van der Waals surface area contributed by atoms with Crippen LogP contribution in [-0.4, -0.2) is 5.11 Å². The van der Waals surface area contributed by atoms with Gasteiger partial charge in [-0.25, -0.2) is 0 Å². The van der Waals surface area contributed by atoms with Gasteiger partial charge < -0.3 is 5.11 Å². The number of aryl methyl sites for hydroxylation is 2. The molecule has 1 heteroatoms. The van der Waals surface area contributed by atoms with Crippen molar-refractivity contribution in [3.05, 3.63) is 70.3 Å². The van der Waals surface area contributed by atoms with Gasteiger partial charge in [0.2, 0.25) is 0 Å². The minimum atomic E-state index is -0.432. The third-order valence-corrected chi connectivity index (χ3v) is 3.70. The van der Waals surface area contributed by atoms with E-state index in [-0.39, 0.29) is 0 Å².